The summed E-state index contributed by atoms with van der Waals surface area (Å²) in [6.07, 6.45) is 1.01. The number of nitrogens with one attached hydrogen (secondary N) is 1. The van der Waals surface area contributed by atoms with Gasteiger partial charge in [-0.05, 0) is 35.0 Å². The molecule has 0 fully saturated rings. The second kappa shape index (κ2) is 5.62. The maximum atomic E-state index is 5.86. The molecule has 4 nitrogen and oxygen atoms in total. The fourth-order valence-electron chi connectivity index (χ4n) is 1.41. The molecule has 2 rings (SSSR count). The van der Waals surface area contributed by atoms with Gasteiger partial charge in [-0.2, -0.15) is 4.98 Å². The van der Waals surface area contributed by atoms with Gasteiger partial charge in [-0.3, -0.25) is 0 Å². The van der Waals surface area contributed by atoms with Gasteiger partial charge in [-0.15, -0.1) is 21.5 Å². The van der Waals surface area contributed by atoms with Crippen LogP contribution >= 0.6 is 34.5 Å². The molecular formula is C10H10Cl2N4S. The third-order valence-electron chi connectivity index (χ3n) is 2.25. The second-order valence-corrected chi connectivity index (χ2v) is 4.99. The van der Waals surface area contributed by atoms with E-state index in [-0.39, 0.29) is 10.4 Å². The van der Waals surface area contributed by atoms with Gasteiger partial charge in [-0.1, -0.05) is 18.5 Å². The highest BCUT2D eigenvalue weighted by Crippen LogP contribution is 2.21. The normalized spacial score (nSPS) is 10.5. The number of thiophene rings is 1. The lowest BCUT2D eigenvalue weighted by Crippen LogP contribution is -2.04. The van der Waals surface area contributed by atoms with E-state index in [1.165, 1.54) is 10.4 Å². The van der Waals surface area contributed by atoms with E-state index in [9.17, 15) is 0 Å². The van der Waals surface area contributed by atoms with E-state index < -0.39 is 0 Å². The Morgan fingerprint density at radius 1 is 1.35 bits per heavy atom. The van der Waals surface area contributed by atoms with Crippen LogP contribution in [0.5, 0.6) is 0 Å². The number of aromatic nitrogens is 3. The van der Waals surface area contributed by atoms with E-state index in [0.29, 0.717) is 12.4 Å². The van der Waals surface area contributed by atoms with Crippen LogP contribution in [0.3, 0.4) is 0 Å². The first-order chi connectivity index (χ1) is 8.20. The number of aryl methyl sites for hydroxylation is 1. The molecule has 0 aliphatic carbocycles. The van der Waals surface area contributed by atoms with Crippen molar-refractivity contribution in [3.05, 3.63) is 32.3 Å². The van der Waals surface area contributed by atoms with Crippen molar-refractivity contribution in [1.82, 2.24) is 15.2 Å². The Labute approximate surface area is 113 Å². The molecule has 0 amide bonds. The SMILES string of the molecule is CCc1ccsc1CNc1nc(Cl)nnc1Cl. The van der Waals surface area contributed by atoms with Crippen LogP contribution < -0.4 is 5.32 Å². The van der Waals surface area contributed by atoms with Crippen molar-refractivity contribution < 1.29 is 0 Å². The highest BCUT2D eigenvalue weighted by molar-refractivity contribution is 7.10. The molecule has 0 bridgehead atoms. The summed E-state index contributed by atoms with van der Waals surface area (Å²) in [6.45, 7) is 2.79. The number of nitrogens with zero attached hydrogens (tertiary/aromatic N) is 3. The Morgan fingerprint density at radius 2 is 2.18 bits per heavy atom. The first-order valence-corrected chi connectivity index (χ1v) is 6.69. The summed E-state index contributed by atoms with van der Waals surface area (Å²) in [5, 5.41) is 12.7. The Bertz CT molecular complexity index is 515. The summed E-state index contributed by atoms with van der Waals surface area (Å²) in [5.74, 6) is 0.460. The van der Waals surface area contributed by atoms with Crippen LogP contribution in [0, 0.1) is 0 Å². The summed E-state index contributed by atoms with van der Waals surface area (Å²) >= 11 is 13.2. The zero-order valence-corrected chi connectivity index (χ0v) is 11.4. The Hall–Kier alpha value is -0.910. The van der Waals surface area contributed by atoms with E-state index in [1.807, 2.05) is 0 Å². The monoisotopic (exact) mass is 288 g/mol. The minimum Gasteiger partial charge on any atom is -0.362 e. The predicted molar refractivity (Wildman–Crippen MR) is 70.9 cm³/mol. The summed E-state index contributed by atoms with van der Waals surface area (Å²) < 4.78 is 0. The van der Waals surface area contributed by atoms with Crippen molar-refractivity contribution >= 4 is 40.4 Å². The largest absolute Gasteiger partial charge is 0.362 e. The van der Waals surface area contributed by atoms with Crippen LogP contribution in [-0.4, -0.2) is 15.2 Å². The smallest absolute Gasteiger partial charge is 0.245 e. The van der Waals surface area contributed by atoms with E-state index in [4.69, 9.17) is 23.2 Å². The fourth-order valence-corrected chi connectivity index (χ4v) is 2.59. The number of anilines is 1. The summed E-state index contributed by atoms with van der Waals surface area (Å²) in [7, 11) is 0. The molecule has 0 aromatic carbocycles. The fraction of sp³-hybridized carbons (Fsp3) is 0.300. The maximum absolute atomic E-state index is 5.86. The first kappa shape index (κ1) is 12.5. The van der Waals surface area contributed by atoms with Gasteiger partial charge in [0.25, 0.3) is 0 Å². The molecule has 17 heavy (non-hydrogen) atoms. The molecule has 7 heteroatoms. The lowest BCUT2D eigenvalue weighted by Gasteiger charge is -2.06. The molecule has 0 spiro atoms. The van der Waals surface area contributed by atoms with Crippen molar-refractivity contribution in [1.29, 1.82) is 0 Å². The molecule has 0 saturated heterocycles. The van der Waals surface area contributed by atoms with Crippen LogP contribution in [0.1, 0.15) is 17.4 Å². The average molecular weight is 289 g/mol. The van der Waals surface area contributed by atoms with Crippen molar-refractivity contribution in [2.75, 3.05) is 5.32 Å². The molecule has 0 atom stereocenters. The standard InChI is InChI=1S/C10H10Cl2N4S/c1-2-6-3-4-17-7(6)5-13-9-8(11)15-16-10(12)14-9/h3-4H,2,5H2,1H3,(H,13,14,16). The molecule has 2 aromatic rings. The van der Waals surface area contributed by atoms with Gasteiger partial charge in [-0.25, -0.2) is 0 Å². The van der Waals surface area contributed by atoms with Crippen molar-refractivity contribution in [2.45, 2.75) is 19.9 Å². The van der Waals surface area contributed by atoms with Crippen molar-refractivity contribution in [3.63, 3.8) is 0 Å². The molecule has 2 aromatic heterocycles. The number of halogens is 2. The lowest BCUT2D eigenvalue weighted by atomic mass is 10.2. The number of hydrogen-bond acceptors (Lipinski definition) is 5. The average Bonchev–Trinajstić information content (AvgIpc) is 2.77. The predicted octanol–water partition coefficient (Wildman–Crippen LogP) is 3.41. The van der Waals surface area contributed by atoms with Crippen LogP contribution in [0.25, 0.3) is 0 Å². The summed E-state index contributed by atoms with van der Waals surface area (Å²) in [6, 6.07) is 2.12. The molecule has 0 unspecified atom stereocenters. The van der Waals surface area contributed by atoms with Gasteiger partial charge in [0.1, 0.15) is 0 Å². The van der Waals surface area contributed by atoms with Gasteiger partial charge in [0.15, 0.2) is 11.0 Å². The number of rotatable bonds is 4. The minimum absolute atomic E-state index is 0.0822. The zero-order chi connectivity index (χ0) is 12.3. The van der Waals surface area contributed by atoms with E-state index in [0.717, 1.165) is 6.42 Å². The van der Waals surface area contributed by atoms with Gasteiger partial charge in [0.2, 0.25) is 5.28 Å². The van der Waals surface area contributed by atoms with Gasteiger partial charge in [0, 0.05) is 4.88 Å². The Kier molecular flexibility index (Phi) is 4.15. The molecule has 1 N–H and O–H groups in total. The molecule has 0 aliphatic rings. The minimum atomic E-state index is 0.0822. The van der Waals surface area contributed by atoms with Crippen LogP contribution in [0.4, 0.5) is 5.82 Å². The van der Waals surface area contributed by atoms with E-state index in [2.05, 4.69) is 38.9 Å². The van der Waals surface area contributed by atoms with Gasteiger partial charge >= 0.3 is 0 Å². The molecule has 90 valence electrons. The third-order valence-corrected chi connectivity index (χ3v) is 3.63. The molecule has 0 saturated carbocycles. The molecule has 0 aliphatic heterocycles. The summed E-state index contributed by atoms with van der Waals surface area (Å²) in [5.41, 5.74) is 1.33. The van der Waals surface area contributed by atoms with Gasteiger partial charge < -0.3 is 5.32 Å². The van der Waals surface area contributed by atoms with Crippen LogP contribution in [0.2, 0.25) is 10.4 Å². The molecule has 2 heterocycles. The zero-order valence-electron chi connectivity index (χ0n) is 9.07. The molecular weight excluding hydrogens is 279 g/mol. The highest BCUT2D eigenvalue weighted by Gasteiger charge is 2.07. The van der Waals surface area contributed by atoms with E-state index >= 15 is 0 Å². The van der Waals surface area contributed by atoms with Crippen molar-refractivity contribution in [3.8, 4) is 0 Å². The lowest BCUT2D eigenvalue weighted by molar-refractivity contribution is 0.958. The quantitative estimate of drug-likeness (QED) is 0.937. The third kappa shape index (κ3) is 3.06. The number of hydrogen-bond donors (Lipinski definition) is 1. The first-order valence-electron chi connectivity index (χ1n) is 5.05. The van der Waals surface area contributed by atoms with Crippen LogP contribution in [-0.2, 0) is 13.0 Å². The van der Waals surface area contributed by atoms with E-state index in [1.54, 1.807) is 11.3 Å². The summed E-state index contributed by atoms with van der Waals surface area (Å²) in [4.78, 5) is 5.24. The maximum Gasteiger partial charge on any atom is 0.245 e. The Balaban J connectivity index is 2.09. The van der Waals surface area contributed by atoms with Crippen LogP contribution in [0.15, 0.2) is 11.4 Å². The highest BCUT2D eigenvalue weighted by atomic mass is 35.5. The van der Waals surface area contributed by atoms with Crippen molar-refractivity contribution in [2.24, 2.45) is 0 Å². The Morgan fingerprint density at radius 3 is 2.94 bits per heavy atom. The molecule has 0 radical (unpaired) electrons. The topological polar surface area (TPSA) is 50.7 Å². The second-order valence-electron chi connectivity index (χ2n) is 3.30. The van der Waals surface area contributed by atoms with Gasteiger partial charge in [0.05, 0.1) is 6.54 Å².